The second-order valence-corrected chi connectivity index (χ2v) is 7.44. The van der Waals surface area contributed by atoms with Crippen molar-refractivity contribution in [3.63, 3.8) is 0 Å². The molecule has 0 aliphatic carbocycles. The van der Waals surface area contributed by atoms with Crippen molar-refractivity contribution in [1.82, 2.24) is 4.68 Å². The summed E-state index contributed by atoms with van der Waals surface area (Å²) in [6, 6.07) is 12.1. The van der Waals surface area contributed by atoms with E-state index in [2.05, 4.69) is 10.1 Å². The smallest absolute Gasteiger partial charge is 0.269 e. The van der Waals surface area contributed by atoms with Gasteiger partial charge in [-0.1, -0.05) is 0 Å². The van der Waals surface area contributed by atoms with Crippen LogP contribution in [-0.4, -0.2) is 28.6 Å². The van der Waals surface area contributed by atoms with Gasteiger partial charge < -0.3 is 9.47 Å². The third kappa shape index (κ3) is 4.04. The van der Waals surface area contributed by atoms with Gasteiger partial charge in [0.05, 0.1) is 16.8 Å². The first-order valence-corrected chi connectivity index (χ1v) is 9.82. The van der Waals surface area contributed by atoms with E-state index in [0.717, 1.165) is 21.6 Å². The molecule has 1 aliphatic rings. The number of nitro groups is 1. The van der Waals surface area contributed by atoms with Crippen molar-refractivity contribution in [2.75, 3.05) is 6.79 Å². The first-order valence-electron chi connectivity index (χ1n) is 8.94. The largest absolute Gasteiger partial charge is 0.454 e. The van der Waals surface area contributed by atoms with Gasteiger partial charge in [-0.15, -0.1) is 11.3 Å². The van der Waals surface area contributed by atoms with Crippen LogP contribution in [-0.2, 0) is 0 Å². The molecule has 1 aliphatic heterocycles. The Balaban J connectivity index is 1.74. The second kappa shape index (κ2) is 7.88. The van der Waals surface area contributed by atoms with Crippen LogP contribution in [0.3, 0.4) is 0 Å². The monoisotopic (exact) mass is 410 g/mol. The summed E-state index contributed by atoms with van der Waals surface area (Å²) in [7, 11) is 0. The van der Waals surface area contributed by atoms with Gasteiger partial charge in [-0.25, -0.2) is 4.68 Å². The fourth-order valence-electron chi connectivity index (χ4n) is 2.79. The van der Waals surface area contributed by atoms with Crippen molar-refractivity contribution in [3.05, 3.63) is 68.3 Å². The molecule has 0 radical (unpaired) electrons. The number of nitrogens with zero attached hydrogens (tertiary/aromatic N) is 4. The summed E-state index contributed by atoms with van der Waals surface area (Å²) in [5, 5.41) is 17.5. The van der Waals surface area contributed by atoms with Crippen LogP contribution in [0, 0.1) is 10.1 Å². The van der Waals surface area contributed by atoms with Crippen molar-refractivity contribution >= 4 is 23.2 Å². The predicted molar refractivity (Wildman–Crippen MR) is 111 cm³/mol. The standard InChI is InChI=1S/C20H18N4O4S/c1-13(2)22-20-23(21-10-14-3-8-18-19(9-14)28-12-27-18)17(11-29-20)15-4-6-16(7-5-15)24(25)26/h3-11,13H,12H2,1-2H3. The number of benzene rings is 2. The molecule has 0 N–H and O–H groups in total. The lowest BCUT2D eigenvalue weighted by Crippen LogP contribution is -2.14. The predicted octanol–water partition coefficient (Wildman–Crippen LogP) is 4.04. The zero-order valence-electron chi connectivity index (χ0n) is 15.8. The molecule has 0 spiro atoms. The lowest BCUT2D eigenvalue weighted by Gasteiger charge is -2.04. The minimum absolute atomic E-state index is 0.0477. The van der Waals surface area contributed by atoms with E-state index in [1.165, 1.54) is 23.5 Å². The highest BCUT2D eigenvalue weighted by atomic mass is 32.1. The van der Waals surface area contributed by atoms with Gasteiger partial charge in [0.15, 0.2) is 11.5 Å². The first kappa shape index (κ1) is 18.9. The van der Waals surface area contributed by atoms with Gasteiger partial charge in [0.1, 0.15) is 0 Å². The van der Waals surface area contributed by atoms with Gasteiger partial charge in [0.2, 0.25) is 11.6 Å². The lowest BCUT2D eigenvalue weighted by molar-refractivity contribution is -0.384. The zero-order chi connectivity index (χ0) is 20.4. The molecule has 0 atom stereocenters. The molecule has 2 heterocycles. The molecule has 29 heavy (non-hydrogen) atoms. The Morgan fingerprint density at radius 2 is 1.93 bits per heavy atom. The van der Waals surface area contributed by atoms with Gasteiger partial charge in [0.25, 0.3) is 5.69 Å². The summed E-state index contributed by atoms with van der Waals surface area (Å²) in [6.07, 6.45) is 1.73. The molecular weight excluding hydrogens is 392 g/mol. The summed E-state index contributed by atoms with van der Waals surface area (Å²) in [5.41, 5.74) is 2.53. The van der Waals surface area contributed by atoms with Crippen LogP contribution in [0.25, 0.3) is 11.3 Å². The Labute approximate surface area is 170 Å². The van der Waals surface area contributed by atoms with E-state index in [1.54, 1.807) is 23.0 Å². The van der Waals surface area contributed by atoms with Crippen LogP contribution < -0.4 is 14.3 Å². The van der Waals surface area contributed by atoms with Crippen molar-refractivity contribution in [2.45, 2.75) is 19.9 Å². The van der Waals surface area contributed by atoms with Crippen LogP contribution in [0.1, 0.15) is 19.4 Å². The highest BCUT2D eigenvalue weighted by Crippen LogP contribution is 2.32. The van der Waals surface area contributed by atoms with Crippen LogP contribution in [0.2, 0.25) is 0 Å². The van der Waals surface area contributed by atoms with Crippen molar-refractivity contribution in [3.8, 4) is 22.8 Å². The Bertz CT molecular complexity index is 1150. The minimum Gasteiger partial charge on any atom is -0.454 e. The number of thiazole rings is 1. The van der Waals surface area contributed by atoms with E-state index < -0.39 is 4.92 Å². The SMILES string of the molecule is CC(C)N=c1scc(-c2ccc([N+](=O)[O-])cc2)n1N=Cc1ccc2c(c1)OCO2. The molecule has 0 fully saturated rings. The van der Waals surface area contributed by atoms with Gasteiger partial charge in [0, 0.05) is 29.1 Å². The molecule has 1 aromatic heterocycles. The molecule has 148 valence electrons. The molecule has 2 aromatic carbocycles. The highest BCUT2D eigenvalue weighted by Gasteiger charge is 2.13. The van der Waals surface area contributed by atoms with Crippen LogP contribution in [0.4, 0.5) is 5.69 Å². The van der Waals surface area contributed by atoms with Crippen molar-refractivity contribution < 1.29 is 14.4 Å². The van der Waals surface area contributed by atoms with Gasteiger partial charge in [-0.05, 0) is 49.7 Å². The highest BCUT2D eigenvalue weighted by molar-refractivity contribution is 7.07. The quantitative estimate of drug-likeness (QED) is 0.360. The first-order chi connectivity index (χ1) is 14.0. The third-order valence-corrected chi connectivity index (χ3v) is 4.98. The number of non-ortho nitro benzene ring substituents is 1. The normalized spacial score (nSPS) is 13.6. The fourth-order valence-corrected chi connectivity index (χ4v) is 3.76. The Morgan fingerprint density at radius 3 is 2.66 bits per heavy atom. The molecule has 9 heteroatoms. The Morgan fingerprint density at radius 1 is 1.17 bits per heavy atom. The van der Waals surface area contributed by atoms with Gasteiger partial charge in [-0.2, -0.15) is 5.10 Å². The number of ether oxygens (including phenoxy) is 2. The van der Waals surface area contributed by atoms with Gasteiger partial charge >= 0.3 is 0 Å². The number of aromatic nitrogens is 1. The van der Waals surface area contributed by atoms with E-state index in [1.807, 2.05) is 37.4 Å². The Kier molecular flexibility index (Phi) is 5.13. The summed E-state index contributed by atoms with van der Waals surface area (Å²) >= 11 is 1.47. The number of nitro benzene ring substituents is 1. The average molecular weight is 410 g/mol. The number of rotatable bonds is 5. The van der Waals surface area contributed by atoms with Gasteiger partial charge in [-0.3, -0.25) is 15.1 Å². The van der Waals surface area contributed by atoms with Crippen LogP contribution in [0.5, 0.6) is 11.5 Å². The molecule has 0 saturated heterocycles. The molecule has 0 saturated carbocycles. The molecule has 8 nitrogen and oxygen atoms in total. The number of hydrogen-bond acceptors (Lipinski definition) is 7. The number of hydrogen-bond donors (Lipinski definition) is 0. The number of fused-ring (bicyclic) bond motifs is 1. The maximum Gasteiger partial charge on any atom is 0.269 e. The zero-order valence-corrected chi connectivity index (χ0v) is 16.6. The average Bonchev–Trinajstić information content (AvgIpc) is 3.32. The molecule has 0 unspecified atom stereocenters. The molecular formula is C20H18N4O4S. The fraction of sp³-hybridized carbons (Fsp3) is 0.200. The van der Waals surface area contributed by atoms with Crippen LogP contribution >= 0.6 is 11.3 Å². The second-order valence-electron chi connectivity index (χ2n) is 6.60. The van der Waals surface area contributed by atoms with E-state index >= 15 is 0 Å². The molecule has 4 rings (SSSR count). The van der Waals surface area contributed by atoms with E-state index in [4.69, 9.17) is 9.47 Å². The maximum atomic E-state index is 10.9. The van der Waals surface area contributed by atoms with E-state index in [0.29, 0.717) is 11.5 Å². The molecule has 0 bridgehead atoms. The molecule has 3 aromatic rings. The topological polar surface area (TPSA) is 91.2 Å². The van der Waals surface area contributed by atoms with Crippen molar-refractivity contribution in [1.29, 1.82) is 0 Å². The van der Waals surface area contributed by atoms with E-state index in [9.17, 15) is 10.1 Å². The van der Waals surface area contributed by atoms with Crippen LogP contribution in [0.15, 0.2) is 57.9 Å². The summed E-state index contributed by atoms with van der Waals surface area (Å²) in [5.74, 6) is 1.40. The lowest BCUT2D eigenvalue weighted by atomic mass is 10.1. The van der Waals surface area contributed by atoms with E-state index in [-0.39, 0.29) is 18.5 Å². The summed E-state index contributed by atoms with van der Waals surface area (Å²) in [6.45, 7) is 4.21. The molecule has 0 amide bonds. The minimum atomic E-state index is -0.414. The Hall–Kier alpha value is -3.46. The maximum absolute atomic E-state index is 10.9. The third-order valence-electron chi connectivity index (χ3n) is 4.15. The summed E-state index contributed by atoms with van der Waals surface area (Å²) in [4.78, 5) is 15.9. The van der Waals surface area contributed by atoms with Crippen molar-refractivity contribution in [2.24, 2.45) is 10.1 Å². The summed E-state index contributed by atoms with van der Waals surface area (Å²) < 4.78 is 12.5.